The Labute approximate surface area is 147 Å². The number of amides is 1. The summed E-state index contributed by atoms with van der Waals surface area (Å²) in [4.78, 5) is 12.7. The molecule has 3 heterocycles. The normalized spacial score (nSPS) is 12.0. The van der Waals surface area contributed by atoms with Gasteiger partial charge in [-0.25, -0.2) is 4.68 Å². The quantitative estimate of drug-likeness (QED) is 0.556. The minimum atomic E-state index is -0.285. The summed E-state index contributed by atoms with van der Waals surface area (Å²) >= 11 is 0. The number of tetrazole rings is 1. The smallest absolute Gasteiger partial charge is 0.257 e. The van der Waals surface area contributed by atoms with E-state index >= 15 is 0 Å². The first-order chi connectivity index (χ1) is 12.7. The van der Waals surface area contributed by atoms with Gasteiger partial charge in [0.05, 0.1) is 17.9 Å². The summed E-state index contributed by atoms with van der Waals surface area (Å²) in [6.07, 6.45) is 6.41. The topological polar surface area (TPSA) is 119 Å². The van der Waals surface area contributed by atoms with Crippen LogP contribution in [0.15, 0.2) is 55.2 Å². The van der Waals surface area contributed by atoms with E-state index in [4.69, 9.17) is 0 Å². The molecule has 3 aromatic heterocycles. The lowest BCUT2D eigenvalue weighted by Gasteiger charge is -2.18. The highest BCUT2D eigenvalue weighted by atomic mass is 16.1. The molecule has 0 bridgehead atoms. The molecule has 10 nitrogen and oxygen atoms in total. The van der Waals surface area contributed by atoms with Gasteiger partial charge in [0.1, 0.15) is 11.9 Å². The number of nitrogens with one attached hydrogen (secondary N) is 2. The summed E-state index contributed by atoms with van der Waals surface area (Å²) in [6.45, 7) is 1.91. The van der Waals surface area contributed by atoms with E-state index in [1.54, 1.807) is 10.9 Å². The highest BCUT2D eigenvalue weighted by Crippen LogP contribution is 2.21. The van der Waals surface area contributed by atoms with Crippen molar-refractivity contribution in [2.45, 2.75) is 13.0 Å². The van der Waals surface area contributed by atoms with Gasteiger partial charge in [-0.05, 0) is 35.0 Å². The second-order valence-electron chi connectivity index (χ2n) is 5.59. The summed E-state index contributed by atoms with van der Waals surface area (Å²) in [7, 11) is 0. The molecule has 1 aromatic carbocycles. The van der Waals surface area contributed by atoms with Crippen LogP contribution in [0.1, 0.15) is 28.9 Å². The average Bonchev–Trinajstić information content (AvgIpc) is 3.43. The molecule has 26 heavy (non-hydrogen) atoms. The second-order valence-corrected chi connectivity index (χ2v) is 5.59. The van der Waals surface area contributed by atoms with E-state index in [0.29, 0.717) is 11.4 Å². The fourth-order valence-corrected chi connectivity index (χ4v) is 2.71. The van der Waals surface area contributed by atoms with Crippen molar-refractivity contribution in [2.24, 2.45) is 0 Å². The third-order valence-electron chi connectivity index (χ3n) is 3.94. The van der Waals surface area contributed by atoms with Gasteiger partial charge in [0, 0.05) is 12.4 Å². The molecule has 0 saturated carbocycles. The molecule has 10 heteroatoms. The molecule has 2 N–H and O–H groups in total. The number of hydrogen-bond acceptors (Lipinski definition) is 6. The molecule has 0 fully saturated rings. The van der Waals surface area contributed by atoms with Crippen molar-refractivity contribution in [1.82, 2.24) is 45.5 Å². The fraction of sp³-hybridized carbons (Fsp3) is 0.125. The van der Waals surface area contributed by atoms with Crippen LogP contribution in [-0.2, 0) is 0 Å². The molecular formula is C16H15N9O. The molecule has 0 saturated heterocycles. The Balaban J connectivity index is 1.59. The number of aromatic nitrogens is 8. The number of aromatic amines is 1. The van der Waals surface area contributed by atoms with Crippen LogP contribution in [0.5, 0.6) is 0 Å². The number of rotatable bonds is 5. The number of H-pyrrole nitrogens is 1. The van der Waals surface area contributed by atoms with Gasteiger partial charge in [0.2, 0.25) is 0 Å². The van der Waals surface area contributed by atoms with Gasteiger partial charge < -0.3 is 5.32 Å². The molecule has 4 rings (SSSR count). The zero-order valence-electron chi connectivity index (χ0n) is 13.8. The third-order valence-corrected chi connectivity index (χ3v) is 3.94. The Hall–Kier alpha value is -3.82. The predicted octanol–water partition coefficient (Wildman–Crippen LogP) is 1.06. The Bertz CT molecular complexity index is 1000. The molecule has 1 unspecified atom stereocenters. The highest BCUT2D eigenvalue weighted by Gasteiger charge is 2.20. The summed E-state index contributed by atoms with van der Waals surface area (Å²) in [5.74, 6) is 0.118. The summed E-state index contributed by atoms with van der Waals surface area (Å²) in [5, 5.41) is 24.8. The van der Waals surface area contributed by atoms with Crippen LogP contribution in [0, 0.1) is 0 Å². The molecular weight excluding hydrogens is 334 g/mol. The van der Waals surface area contributed by atoms with E-state index < -0.39 is 0 Å². The molecule has 0 aliphatic heterocycles. The van der Waals surface area contributed by atoms with Gasteiger partial charge in [-0.2, -0.15) is 14.9 Å². The Morgan fingerprint density at radius 2 is 2.12 bits per heavy atom. The molecule has 0 spiro atoms. The maximum atomic E-state index is 12.7. The van der Waals surface area contributed by atoms with Crippen molar-refractivity contribution >= 4 is 5.91 Å². The van der Waals surface area contributed by atoms with Crippen molar-refractivity contribution in [3.63, 3.8) is 0 Å². The van der Waals surface area contributed by atoms with Gasteiger partial charge in [-0.1, -0.05) is 18.2 Å². The van der Waals surface area contributed by atoms with Gasteiger partial charge in [0.15, 0.2) is 5.82 Å². The van der Waals surface area contributed by atoms with Crippen molar-refractivity contribution in [3.05, 3.63) is 66.4 Å². The standard InChI is InChI=1S/C16H15N9O/c1-11(12-5-2-3-6-14(12)24-8-4-7-19-24)20-16(26)13-9-17-21-15(13)25-10-18-22-23-25/h2-11H,1H3,(H,17,21)(H,20,26). The summed E-state index contributed by atoms with van der Waals surface area (Å²) < 4.78 is 3.12. The first kappa shape index (κ1) is 15.7. The van der Waals surface area contributed by atoms with Gasteiger partial charge >= 0.3 is 0 Å². The lowest BCUT2D eigenvalue weighted by molar-refractivity contribution is 0.0940. The van der Waals surface area contributed by atoms with E-state index in [-0.39, 0.29) is 11.9 Å². The third kappa shape index (κ3) is 2.83. The number of carbonyl (C=O) groups is 1. The second kappa shape index (κ2) is 6.59. The maximum absolute atomic E-state index is 12.7. The van der Waals surface area contributed by atoms with E-state index in [0.717, 1.165) is 11.3 Å². The van der Waals surface area contributed by atoms with E-state index in [1.165, 1.54) is 17.2 Å². The molecule has 0 radical (unpaired) electrons. The van der Waals surface area contributed by atoms with Crippen molar-refractivity contribution in [2.75, 3.05) is 0 Å². The number of carbonyl (C=O) groups excluding carboxylic acids is 1. The Kier molecular flexibility index (Phi) is 3.98. The molecule has 1 atom stereocenters. The Morgan fingerprint density at radius 3 is 2.88 bits per heavy atom. The highest BCUT2D eigenvalue weighted by molar-refractivity contribution is 5.97. The van der Waals surface area contributed by atoms with Crippen LogP contribution in [0.4, 0.5) is 0 Å². The van der Waals surface area contributed by atoms with Gasteiger partial charge in [-0.15, -0.1) is 5.10 Å². The van der Waals surface area contributed by atoms with E-state index in [2.05, 4.69) is 36.1 Å². The van der Waals surface area contributed by atoms with Crippen LogP contribution in [0.25, 0.3) is 11.5 Å². The number of para-hydroxylation sites is 1. The van der Waals surface area contributed by atoms with Crippen molar-refractivity contribution < 1.29 is 4.79 Å². The fourth-order valence-electron chi connectivity index (χ4n) is 2.71. The van der Waals surface area contributed by atoms with Gasteiger partial charge in [0.25, 0.3) is 5.91 Å². The predicted molar refractivity (Wildman–Crippen MR) is 90.7 cm³/mol. The zero-order valence-corrected chi connectivity index (χ0v) is 13.8. The molecule has 130 valence electrons. The van der Waals surface area contributed by atoms with Crippen molar-refractivity contribution in [1.29, 1.82) is 0 Å². The number of nitrogens with zero attached hydrogens (tertiary/aromatic N) is 7. The lowest BCUT2D eigenvalue weighted by atomic mass is 10.1. The SMILES string of the molecule is CC(NC(=O)c1cn[nH]c1-n1cnnn1)c1ccccc1-n1cccn1. The summed E-state index contributed by atoms with van der Waals surface area (Å²) in [6, 6.07) is 9.37. The van der Waals surface area contributed by atoms with E-state index in [1.807, 2.05) is 43.5 Å². The number of benzene rings is 1. The van der Waals surface area contributed by atoms with Crippen LogP contribution < -0.4 is 5.32 Å². The van der Waals surface area contributed by atoms with Crippen LogP contribution in [-0.4, -0.2) is 46.1 Å². The molecule has 0 aliphatic rings. The van der Waals surface area contributed by atoms with Gasteiger partial charge in [-0.3, -0.25) is 9.89 Å². The summed E-state index contributed by atoms with van der Waals surface area (Å²) in [5.41, 5.74) is 2.19. The first-order valence-corrected chi connectivity index (χ1v) is 7.90. The maximum Gasteiger partial charge on any atom is 0.257 e. The van der Waals surface area contributed by atoms with Crippen LogP contribution >= 0.6 is 0 Å². The largest absolute Gasteiger partial charge is 0.345 e. The number of hydrogen-bond donors (Lipinski definition) is 2. The molecule has 4 aromatic rings. The van der Waals surface area contributed by atoms with Crippen LogP contribution in [0.2, 0.25) is 0 Å². The lowest BCUT2D eigenvalue weighted by Crippen LogP contribution is -2.28. The Morgan fingerprint density at radius 1 is 1.23 bits per heavy atom. The van der Waals surface area contributed by atoms with Crippen molar-refractivity contribution in [3.8, 4) is 11.5 Å². The average molecular weight is 349 g/mol. The minimum Gasteiger partial charge on any atom is -0.345 e. The monoisotopic (exact) mass is 349 g/mol. The molecule has 1 amide bonds. The van der Waals surface area contributed by atoms with E-state index in [9.17, 15) is 4.79 Å². The zero-order chi connectivity index (χ0) is 17.9. The molecule has 0 aliphatic carbocycles. The van der Waals surface area contributed by atoms with Crippen LogP contribution in [0.3, 0.4) is 0 Å². The minimum absolute atomic E-state index is 0.250. The first-order valence-electron chi connectivity index (χ1n) is 7.90.